The lowest BCUT2D eigenvalue weighted by Gasteiger charge is -2.11. The predicted octanol–water partition coefficient (Wildman–Crippen LogP) is 3.90. The highest BCUT2D eigenvalue weighted by Crippen LogP contribution is 2.34. The molecule has 0 spiro atoms. The Balaban J connectivity index is 2.17. The van der Waals surface area contributed by atoms with Gasteiger partial charge >= 0.3 is 0 Å². The average Bonchev–Trinajstić information content (AvgIpc) is 2.87. The molecule has 110 valence electrons. The van der Waals surface area contributed by atoms with E-state index >= 15 is 0 Å². The number of furan rings is 1. The van der Waals surface area contributed by atoms with Crippen molar-refractivity contribution in [3.8, 4) is 0 Å². The monoisotopic (exact) mass is 347 g/mol. The zero-order valence-electron chi connectivity index (χ0n) is 12.6. The number of fused-ring (bicyclic) bond motifs is 1. The molecule has 0 saturated heterocycles. The summed E-state index contributed by atoms with van der Waals surface area (Å²) < 4.78 is 8.88. The normalized spacial score (nSPS) is 13.0. The first-order valence-electron chi connectivity index (χ1n) is 6.84. The van der Waals surface area contributed by atoms with Gasteiger partial charge in [0.15, 0.2) is 0 Å². The van der Waals surface area contributed by atoms with Gasteiger partial charge in [0.2, 0.25) is 0 Å². The maximum Gasteiger partial charge on any atom is 0.135 e. The molecule has 5 heteroatoms. The minimum absolute atomic E-state index is 0.301. The second-order valence-corrected chi connectivity index (χ2v) is 6.33. The number of hydrogen-bond acceptors (Lipinski definition) is 3. The van der Waals surface area contributed by atoms with E-state index in [1.165, 1.54) is 0 Å². The summed E-state index contributed by atoms with van der Waals surface area (Å²) in [6.07, 6.45) is 0. The molecule has 3 rings (SSSR count). The van der Waals surface area contributed by atoms with Crippen LogP contribution in [-0.2, 0) is 7.05 Å². The van der Waals surface area contributed by atoms with Gasteiger partial charge in [-0.3, -0.25) is 4.68 Å². The first-order valence-corrected chi connectivity index (χ1v) is 7.63. The van der Waals surface area contributed by atoms with Crippen LogP contribution in [0.4, 0.5) is 0 Å². The molecule has 4 nitrogen and oxygen atoms in total. The van der Waals surface area contributed by atoms with Crippen LogP contribution in [0.5, 0.6) is 0 Å². The van der Waals surface area contributed by atoms with Crippen molar-refractivity contribution in [2.24, 2.45) is 12.8 Å². The van der Waals surface area contributed by atoms with Crippen molar-refractivity contribution in [3.05, 3.63) is 50.9 Å². The van der Waals surface area contributed by atoms with Gasteiger partial charge in [-0.1, -0.05) is 15.9 Å². The van der Waals surface area contributed by atoms with Crippen LogP contribution in [0.3, 0.4) is 0 Å². The van der Waals surface area contributed by atoms with Crippen LogP contribution in [0.1, 0.15) is 34.3 Å². The van der Waals surface area contributed by atoms with E-state index in [4.69, 9.17) is 10.2 Å². The summed E-state index contributed by atoms with van der Waals surface area (Å²) in [5, 5.41) is 5.54. The first-order chi connectivity index (χ1) is 9.90. The van der Waals surface area contributed by atoms with Gasteiger partial charge in [-0.2, -0.15) is 5.10 Å². The van der Waals surface area contributed by atoms with E-state index in [1.807, 2.05) is 37.7 Å². The first kappa shape index (κ1) is 14.4. The number of nitrogens with zero attached hydrogens (tertiary/aromatic N) is 2. The van der Waals surface area contributed by atoms with E-state index in [0.29, 0.717) is 0 Å². The van der Waals surface area contributed by atoms with Crippen molar-refractivity contribution in [3.63, 3.8) is 0 Å². The van der Waals surface area contributed by atoms with Gasteiger partial charge < -0.3 is 10.2 Å². The van der Waals surface area contributed by atoms with Crippen LogP contribution in [0.15, 0.2) is 27.1 Å². The van der Waals surface area contributed by atoms with Crippen LogP contribution < -0.4 is 5.73 Å². The highest BCUT2D eigenvalue weighted by molar-refractivity contribution is 9.10. The molecule has 1 atom stereocenters. The van der Waals surface area contributed by atoms with Crippen molar-refractivity contribution in [1.82, 2.24) is 9.78 Å². The maximum atomic E-state index is 6.48. The fourth-order valence-electron chi connectivity index (χ4n) is 2.89. The Morgan fingerprint density at radius 3 is 2.62 bits per heavy atom. The molecule has 2 N–H and O–H groups in total. The molecule has 0 aliphatic rings. The van der Waals surface area contributed by atoms with E-state index in [-0.39, 0.29) is 6.04 Å². The third-order valence-electron chi connectivity index (χ3n) is 4.10. The number of benzene rings is 1. The van der Waals surface area contributed by atoms with Crippen molar-refractivity contribution in [2.75, 3.05) is 0 Å². The topological polar surface area (TPSA) is 57.0 Å². The number of aromatic nitrogens is 2. The Hall–Kier alpha value is -1.59. The van der Waals surface area contributed by atoms with Gasteiger partial charge in [0.25, 0.3) is 0 Å². The molecule has 3 aromatic rings. The summed E-state index contributed by atoms with van der Waals surface area (Å²) in [7, 11) is 1.93. The zero-order chi connectivity index (χ0) is 15.3. The van der Waals surface area contributed by atoms with E-state index in [2.05, 4.69) is 34.0 Å². The SMILES string of the molecule is Cc1nn(C)c(C)c1C(N)c1oc2cc(Br)ccc2c1C. The Kier molecular flexibility index (Phi) is 3.42. The van der Waals surface area contributed by atoms with Crippen molar-refractivity contribution in [1.29, 1.82) is 0 Å². The number of nitrogens with two attached hydrogens (primary N) is 1. The Morgan fingerprint density at radius 2 is 2.00 bits per heavy atom. The average molecular weight is 348 g/mol. The van der Waals surface area contributed by atoms with Crippen LogP contribution >= 0.6 is 15.9 Å². The second-order valence-electron chi connectivity index (χ2n) is 5.42. The van der Waals surface area contributed by atoms with Gasteiger partial charge in [0.1, 0.15) is 11.3 Å². The minimum Gasteiger partial charge on any atom is -0.459 e. The van der Waals surface area contributed by atoms with Crippen molar-refractivity contribution >= 4 is 26.9 Å². The standard InChI is InChI=1S/C16H18BrN3O/c1-8-12-6-5-11(17)7-13(12)21-16(8)15(18)14-9(2)19-20(4)10(14)3/h5-7,15H,18H2,1-4H3. The summed E-state index contributed by atoms with van der Waals surface area (Å²) in [4.78, 5) is 0. The summed E-state index contributed by atoms with van der Waals surface area (Å²) >= 11 is 3.47. The van der Waals surface area contributed by atoms with Gasteiger partial charge in [-0.15, -0.1) is 0 Å². The number of hydrogen-bond donors (Lipinski definition) is 1. The fraction of sp³-hybridized carbons (Fsp3) is 0.312. The van der Waals surface area contributed by atoms with Crippen molar-refractivity contribution in [2.45, 2.75) is 26.8 Å². The number of rotatable bonds is 2. The molecule has 0 aliphatic carbocycles. The Bertz CT molecular complexity index is 832. The quantitative estimate of drug-likeness (QED) is 0.764. The van der Waals surface area contributed by atoms with Crippen molar-refractivity contribution < 1.29 is 4.42 Å². The lowest BCUT2D eigenvalue weighted by atomic mass is 10.00. The van der Waals surface area contributed by atoms with Crippen LogP contribution in [0.2, 0.25) is 0 Å². The van der Waals surface area contributed by atoms with E-state index < -0.39 is 0 Å². The van der Waals surface area contributed by atoms with E-state index in [9.17, 15) is 0 Å². The summed E-state index contributed by atoms with van der Waals surface area (Å²) in [5.74, 6) is 0.808. The molecule has 0 bridgehead atoms. The molecule has 0 fully saturated rings. The highest BCUT2D eigenvalue weighted by atomic mass is 79.9. The van der Waals surface area contributed by atoms with Gasteiger partial charge in [-0.25, -0.2) is 0 Å². The predicted molar refractivity (Wildman–Crippen MR) is 87.4 cm³/mol. The Labute approximate surface area is 132 Å². The highest BCUT2D eigenvalue weighted by Gasteiger charge is 2.24. The fourth-order valence-corrected chi connectivity index (χ4v) is 3.23. The third kappa shape index (κ3) is 2.21. The zero-order valence-corrected chi connectivity index (χ0v) is 14.2. The van der Waals surface area contributed by atoms with Gasteiger partial charge in [0, 0.05) is 33.7 Å². The third-order valence-corrected chi connectivity index (χ3v) is 4.59. The number of halogens is 1. The maximum absolute atomic E-state index is 6.48. The largest absolute Gasteiger partial charge is 0.459 e. The lowest BCUT2D eigenvalue weighted by Crippen LogP contribution is -2.14. The molecule has 2 heterocycles. The lowest BCUT2D eigenvalue weighted by molar-refractivity contribution is 0.519. The second kappa shape index (κ2) is 5.00. The van der Waals surface area contributed by atoms with Crippen LogP contribution in [-0.4, -0.2) is 9.78 Å². The van der Waals surface area contributed by atoms with Gasteiger partial charge in [-0.05, 0) is 39.0 Å². The molecular weight excluding hydrogens is 330 g/mol. The van der Waals surface area contributed by atoms with E-state index in [1.54, 1.807) is 0 Å². The van der Waals surface area contributed by atoms with E-state index in [0.717, 1.165) is 43.7 Å². The summed E-state index contributed by atoms with van der Waals surface area (Å²) in [6, 6.07) is 5.74. The van der Waals surface area contributed by atoms with Crippen LogP contribution in [0, 0.1) is 20.8 Å². The summed E-state index contributed by atoms with van der Waals surface area (Å²) in [5.41, 5.74) is 11.5. The minimum atomic E-state index is -0.301. The van der Waals surface area contributed by atoms with Gasteiger partial charge in [0.05, 0.1) is 11.7 Å². The molecule has 0 amide bonds. The molecule has 0 radical (unpaired) electrons. The molecular formula is C16H18BrN3O. The molecule has 1 unspecified atom stereocenters. The molecule has 2 aromatic heterocycles. The Morgan fingerprint density at radius 1 is 1.29 bits per heavy atom. The summed E-state index contributed by atoms with van der Waals surface area (Å²) in [6.45, 7) is 6.07. The number of aryl methyl sites for hydroxylation is 3. The van der Waals surface area contributed by atoms with Crippen LogP contribution in [0.25, 0.3) is 11.0 Å². The molecule has 0 aliphatic heterocycles. The molecule has 21 heavy (non-hydrogen) atoms. The smallest absolute Gasteiger partial charge is 0.135 e. The molecule has 0 saturated carbocycles. The molecule has 1 aromatic carbocycles.